The van der Waals surface area contributed by atoms with Crippen LogP contribution in [0.25, 0.3) is 0 Å². The Bertz CT molecular complexity index is 365. The monoisotopic (exact) mass is 276 g/mol. The molecule has 1 saturated carbocycles. The fraction of sp³-hybridized carbons (Fsp3) is 0.455. The third-order valence-corrected chi connectivity index (χ3v) is 3.41. The van der Waals surface area contributed by atoms with E-state index in [1.54, 1.807) is 0 Å². The Morgan fingerprint density at radius 3 is 2.20 bits per heavy atom. The molecule has 0 saturated heterocycles. The first kappa shape index (κ1) is 11.0. The molecule has 82 valence electrons. The summed E-state index contributed by atoms with van der Waals surface area (Å²) in [5.74, 6) is -1.08. The van der Waals surface area contributed by atoms with Gasteiger partial charge in [-0.15, -0.1) is 0 Å². The maximum absolute atomic E-state index is 13.5. The summed E-state index contributed by atoms with van der Waals surface area (Å²) in [6.07, 6.45) is 1.98. The molecule has 2 rings (SSSR count). The fourth-order valence-electron chi connectivity index (χ4n) is 1.68. The molecular formula is C11H11BrF2O. The molecule has 1 aromatic rings. The van der Waals surface area contributed by atoms with E-state index in [0.717, 1.165) is 12.8 Å². The van der Waals surface area contributed by atoms with Crippen molar-refractivity contribution in [1.82, 2.24) is 0 Å². The molecule has 1 aliphatic rings. The van der Waals surface area contributed by atoms with E-state index >= 15 is 0 Å². The van der Waals surface area contributed by atoms with E-state index in [0.29, 0.717) is 4.47 Å². The Morgan fingerprint density at radius 1 is 1.27 bits per heavy atom. The van der Waals surface area contributed by atoms with Gasteiger partial charge in [0.05, 0.1) is 0 Å². The Hall–Kier alpha value is -0.480. The quantitative estimate of drug-likeness (QED) is 0.900. The topological polar surface area (TPSA) is 20.2 Å². The van der Waals surface area contributed by atoms with Crippen LogP contribution < -0.4 is 0 Å². The van der Waals surface area contributed by atoms with Crippen molar-refractivity contribution in [2.24, 2.45) is 5.41 Å². The SMILES string of the molecule is OCC1(Cc2c(F)cc(Br)cc2F)CC1. The van der Waals surface area contributed by atoms with Crippen molar-refractivity contribution < 1.29 is 13.9 Å². The van der Waals surface area contributed by atoms with Crippen LogP contribution >= 0.6 is 15.9 Å². The Morgan fingerprint density at radius 2 is 1.80 bits per heavy atom. The molecule has 1 fully saturated rings. The summed E-state index contributed by atoms with van der Waals surface area (Å²) in [7, 11) is 0. The summed E-state index contributed by atoms with van der Waals surface area (Å²) >= 11 is 3.03. The van der Waals surface area contributed by atoms with Gasteiger partial charge in [-0.1, -0.05) is 15.9 Å². The van der Waals surface area contributed by atoms with E-state index < -0.39 is 11.6 Å². The normalized spacial score (nSPS) is 17.9. The van der Waals surface area contributed by atoms with Gasteiger partial charge in [-0.05, 0) is 36.8 Å². The average molecular weight is 277 g/mol. The third kappa shape index (κ3) is 2.21. The molecular weight excluding hydrogens is 266 g/mol. The van der Waals surface area contributed by atoms with Gasteiger partial charge < -0.3 is 5.11 Å². The summed E-state index contributed by atoms with van der Waals surface area (Å²) in [5.41, 5.74) is -0.181. The van der Waals surface area contributed by atoms with Crippen LogP contribution in [0.3, 0.4) is 0 Å². The van der Waals surface area contributed by atoms with E-state index in [9.17, 15) is 8.78 Å². The first-order chi connectivity index (χ1) is 7.06. The summed E-state index contributed by atoms with van der Waals surface area (Å²) < 4.78 is 27.3. The molecule has 0 aromatic heterocycles. The minimum Gasteiger partial charge on any atom is -0.396 e. The van der Waals surface area contributed by atoms with Crippen molar-refractivity contribution in [3.8, 4) is 0 Å². The van der Waals surface area contributed by atoms with Crippen molar-refractivity contribution in [3.63, 3.8) is 0 Å². The molecule has 0 atom stereocenters. The number of halogens is 3. The smallest absolute Gasteiger partial charge is 0.130 e. The highest BCUT2D eigenvalue weighted by Crippen LogP contribution is 2.48. The maximum atomic E-state index is 13.5. The molecule has 0 radical (unpaired) electrons. The van der Waals surface area contributed by atoms with Crippen molar-refractivity contribution in [1.29, 1.82) is 0 Å². The van der Waals surface area contributed by atoms with Gasteiger partial charge in [-0.2, -0.15) is 0 Å². The minimum absolute atomic E-state index is 0.00193. The summed E-state index contributed by atoms with van der Waals surface area (Å²) in [4.78, 5) is 0. The van der Waals surface area contributed by atoms with Gasteiger partial charge in [-0.3, -0.25) is 0 Å². The first-order valence-corrected chi connectivity index (χ1v) is 5.60. The minimum atomic E-state index is -0.540. The second-order valence-corrected chi connectivity index (χ2v) is 5.10. The van der Waals surface area contributed by atoms with Gasteiger partial charge in [0.25, 0.3) is 0 Å². The number of aliphatic hydroxyl groups excluding tert-OH is 1. The number of rotatable bonds is 3. The summed E-state index contributed by atoms with van der Waals surface area (Å²) in [6, 6.07) is 2.51. The van der Waals surface area contributed by atoms with Crippen LogP contribution in [0.15, 0.2) is 16.6 Å². The van der Waals surface area contributed by atoms with Crippen molar-refractivity contribution in [2.75, 3.05) is 6.61 Å². The van der Waals surface area contributed by atoms with Crippen molar-refractivity contribution in [3.05, 3.63) is 33.8 Å². The Labute approximate surface area is 95.2 Å². The van der Waals surface area contributed by atoms with E-state index in [2.05, 4.69) is 15.9 Å². The second kappa shape index (κ2) is 3.83. The zero-order chi connectivity index (χ0) is 11.1. The van der Waals surface area contributed by atoms with Crippen LogP contribution in [0.2, 0.25) is 0 Å². The molecule has 15 heavy (non-hydrogen) atoms. The molecule has 4 heteroatoms. The van der Waals surface area contributed by atoms with Gasteiger partial charge in [0, 0.05) is 16.6 Å². The summed E-state index contributed by atoms with van der Waals surface area (Å²) in [5, 5.41) is 9.10. The highest BCUT2D eigenvalue weighted by Gasteiger charge is 2.43. The molecule has 0 spiro atoms. The molecule has 1 N–H and O–H groups in total. The third-order valence-electron chi connectivity index (χ3n) is 2.95. The van der Waals surface area contributed by atoms with E-state index in [-0.39, 0.29) is 24.0 Å². The van der Waals surface area contributed by atoms with Gasteiger partial charge in [0.15, 0.2) is 0 Å². The Balaban J connectivity index is 2.28. The Kier molecular flexibility index (Phi) is 2.81. The van der Waals surface area contributed by atoms with E-state index in [4.69, 9.17) is 5.11 Å². The average Bonchev–Trinajstić information content (AvgIpc) is 2.92. The lowest BCUT2D eigenvalue weighted by atomic mass is 9.97. The maximum Gasteiger partial charge on any atom is 0.130 e. The van der Waals surface area contributed by atoms with Crippen LogP contribution in [0, 0.1) is 17.0 Å². The lowest BCUT2D eigenvalue weighted by Crippen LogP contribution is -2.12. The van der Waals surface area contributed by atoms with E-state index in [1.807, 2.05) is 0 Å². The van der Waals surface area contributed by atoms with Crippen LogP contribution in [-0.2, 0) is 6.42 Å². The van der Waals surface area contributed by atoms with Gasteiger partial charge in [0.1, 0.15) is 11.6 Å². The van der Waals surface area contributed by atoms with E-state index in [1.165, 1.54) is 12.1 Å². The highest BCUT2D eigenvalue weighted by atomic mass is 79.9. The summed E-state index contributed by atoms with van der Waals surface area (Å²) in [6.45, 7) is 0.00193. The molecule has 1 aliphatic carbocycles. The van der Waals surface area contributed by atoms with Crippen LogP contribution in [0.5, 0.6) is 0 Å². The standard InChI is InChI=1S/C11H11BrF2O/c12-7-3-9(13)8(10(14)4-7)5-11(6-15)1-2-11/h3-4,15H,1-2,5-6H2. The second-order valence-electron chi connectivity index (χ2n) is 4.18. The molecule has 0 aliphatic heterocycles. The fourth-order valence-corrected chi connectivity index (χ4v) is 2.09. The van der Waals surface area contributed by atoms with Gasteiger partial charge >= 0.3 is 0 Å². The van der Waals surface area contributed by atoms with Crippen molar-refractivity contribution >= 4 is 15.9 Å². The molecule has 0 unspecified atom stereocenters. The van der Waals surface area contributed by atoms with Gasteiger partial charge in [-0.25, -0.2) is 8.78 Å². The predicted octanol–water partition coefficient (Wildman–Crippen LogP) is 3.04. The predicted molar refractivity (Wildman–Crippen MR) is 56.5 cm³/mol. The molecule has 0 bridgehead atoms. The zero-order valence-corrected chi connectivity index (χ0v) is 9.65. The lowest BCUT2D eigenvalue weighted by Gasteiger charge is -2.13. The molecule has 0 amide bonds. The lowest BCUT2D eigenvalue weighted by molar-refractivity contribution is 0.209. The zero-order valence-electron chi connectivity index (χ0n) is 8.06. The van der Waals surface area contributed by atoms with Crippen LogP contribution in [-0.4, -0.2) is 11.7 Å². The highest BCUT2D eigenvalue weighted by molar-refractivity contribution is 9.10. The molecule has 0 heterocycles. The van der Waals surface area contributed by atoms with Crippen LogP contribution in [0.1, 0.15) is 18.4 Å². The van der Waals surface area contributed by atoms with Crippen LogP contribution in [0.4, 0.5) is 8.78 Å². The number of aliphatic hydroxyl groups is 1. The molecule has 1 nitrogen and oxygen atoms in total. The number of hydrogen-bond donors (Lipinski definition) is 1. The largest absolute Gasteiger partial charge is 0.396 e. The number of benzene rings is 1. The van der Waals surface area contributed by atoms with Crippen molar-refractivity contribution in [2.45, 2.75) is 19.3 Å². The molecule has 1 aromatic carbocycles. The first-order valence-electron chi connectivity index (χ1n) is 4.81. The van der Waals surface area contributed by atoms with Gasteiger partial charge in [0.2, 0.25) is 0 Å². The number of hydrogen-bond acceptors (Lipinski definition) is 1.